The predicted octanol–water partition coefficient (Wildman–Crippen LogP) is 7.07. The van der Waals surface area contributed by atoms with Gasteiger partial charge in [0, 0.05) is 42.6 Å². The van der Waals surface area contributed by atoms with Gasteiger partial charge in [-0.2, -0.15) is 0 Å². The molecular formula is C34H40Cl2N2O5. The summed E-state index contributed by atoms with van der Waals surface area (Å²) in [6, 6.07) is 15.7. The third-order valence-electron chi connectivity index (χ3n) is 8.57. The molecule has 0 amide bonds. The highest BCUT2D eigenvalue weighted by Gasteiger charge is 2.39. The van der Waals surface area contributed by atoms with Crippen molar-refractivity contribution in [3.8, 4) is 28.4 Å². The fourth-order valence-corrected chi connectivity index (χ4v) is 6.33. The van der Waals surface area contributed by atoms with E-state index < -0.39 is 5.54 Å². The van der Waals surface area contributed by atoms with Crippen LogP contribution < -0.4 is 19.5 Å². The van der Waals surface area contributed by atoms with Crippen molar-refractivity contribution in [2.24, 2.45) is 5.92 Å². The van der Waals surface area contributed by atoms with E-state index in [1.54, 1.807) is 13.2 Å². The summed E-state index contributed by atoms with van der Waals surface area (Å²) in [6.07, 6.45) is 2.99. The number of carbonyl (C=O) groups excluding carboxylic acids is 1. The Bertz CT molecular complexity index is 1460. The smallest absolute Gasteiger partial charge is 0.326 e. The molecule has 5 rings (SSSR count). The molecule has 230 valence electrons. The highest BCUT2D eigenvalue weighted by molar-refractivity contribution is 6.35. The third-order valence-corrected chi connectivity index (χ3v) is 9.25. The summed E-state index contributed by atoms with van der Waals surface area (Å²) < 4.78 is 23.2. The number of likely N-dealkylation sites (tertiary alicyclic amines) is 1. The molecule has 43 heavy (non-hydrogen) atoms. The van der Waals surface area contributed by atoms with E-state index in [0.717, 1.165) is 40.9 Å². The average Bonchev–Trinajstić information content (AvgIpc) is 3.33. The van der Waals surface area contributed by atoms with Crippen molar-refractivity contribution in [1.82, 2.24) is 10.2 Å². The molecule has 0 bridgehead atoms. The van der Waals surface area contributed by atoms with E-state index in [9.17, 15) is 4.79 Å². The fraction of sp³-hybridized carbons (Fsp3) is 0.441. The number of piperidine rings is 1. The molecule has 2 atom stereocenters. The first-order valence-electron chi connectivity index (χ1n) is 14.8. The summed E-state index contributed by atoms with van der Waals surface area (Å²) in [6.45, 7) is 7.89. The van der Waals surface area contributed by atoms with Gasteiger partial charge in [0.05, 0.1) is 30.4 Å². The molecule has 0 saturated carbocycles. The molecule has 2 heterocycles. The van der Waals surface area contributed by atoms with E-state index >= 15 is 0 Å². The largest absolute Gasteiger partial charge is 0.496 e. The minimum absolute atomic E-state index is 0.247. The second kappa shape index (κ2) is 13.8. The maximum atomic E-state index is 12.1. The normalized spacial score (nSPS) is 20.6. The lowest BCUT2D eigenvalue weighted by Gasteiger charge is -2.29. The van der Waals surface area contributed by atoms with Gasteiger partial charge in [0.2, 0.25) is 0 Å². The molecule has 3 aromatic carbocycles. The molecule has 0 spiro atoms. The van der Waals surface area contributed by atoms with Gasteiger partial charge in [-0.1, -0.05) is 53.5 Å². The van der Waals surface area contributed by atoms with Gasteiger partial charge in [-0.25, -0.2) is 0 Å². The van der Waals surface area contributed by atoms with E-state index in [-0.39, 0.29) is 5.97 Å². The molecule has 3 aromatic rings. The molecule has 2 saturated heterocycles. The number of rotatable bonds is 11. The maximum absolute atomic E-state index is 12.1. The summed E-state index contributed by atoms with van der Waals surface area (Å²) in [5, 5.41) is 4.37. The zero-order chi connectivity index (χ0) is 30.6. The van der Waals surface area contributed by atoms with Crippen LogP contribution in [0, 0.1) is 12.8 Å². The first-order chi connectivity index (χ1) is 20.7. The van der Waals surface area contributed by atoms with Gasteiger partial charge >= 0.3 is 5.97 Å². The molecular weight excluding hydrogens is 587 g/mol. The number of carbonyl (C=O) groups is 1. The van der Waals surface area contributed by atoms with Crippen LogP contribution >= 0.6 is 23.2 Å². The summed E-state index contributed by atoms with van der Waals surface area (Å²) >= 11 is 13.6. The van der Waals surface area contributed by atoms with Crippen LogP contribution in [0.15, 0.2) is 48.5 Å². The van der Waals surface area contributed by atoms with Crippen LogP contribution in [-0.2, 0) is 22.7 Å². The SMILES string of the molecule is COc1cc(OCc2cccc(-c3cccc(OCC4CCCN(C)C4)c3Cl)c2C)c(Cl)cc1CNC1(C)CCOC1=O. The summed E-state index contributed by atoms with van der Waals surface area (Å²) in [7, 11) is 3.76. The Balaban J connectivity index is 1.28. The average molecular weight is 628 g/mol. The molecule has 0 radical (unpaired) electrons. The van der Waals surface area contributed by atoms with Crippen molar-refractivity contribution in [3.63, 3.8) is 0 Å². The van der Waals surface area contributed by atoms with Gasteiger partial charge in [-0.3, -0.25) is 10.1 Å². The van der Waals surface area contributed by atoms with Gasteiger partial charge in [0.25, 0.3) is 0 Å². The molecule has 9 heteroatoms. The van der Waals surface area contributed by atoms with Crippen molar-refractivity contribution in [1.29, 1.82) is 0 Å². The second-order valence-corrected chi connectivity index (χ2v) is 12.5. The number of methoxy groups -OCH3 is 1. The quantitative estimate of drug-likeness (QED) is 0.228. The zero-order valence-corrected chi connectivity index (χ0v) is 26.8. The lowest BCUT2D eigenvalue weighted by atomic mass is 9.96. The summed E-state index contributed by atoms with van der Waals surface area (Å²) in [4.78, 5) is 14.5. The minimum atomic E-state index is -0.726. The van der Waals surface area contributed by atoms with Crippen LogP contribution in [0.2, 0.25) is 10.0 Å². The number of benzene rings is 3. The topological polar surface area (TPSA) is 69.3 Å². The van der Waals surface area contributed by atoms with E-state index in [1.807, 2.05) is 43.3 Å². The van der Waals surface area contributed by atoms with Crippen molar-refractivity contribution >= 4 is 29.2 Å². The number of hydrogen-bond donors (Lipinski definition) is 1. The second-order valence-electron chi connectivity index (χ2n) is 11.7. The van der Waals surface area contributed by atoms with Gasteiger partial charge in [-0.15, -0.1) is 0 Å². The number of halogens is 2. The number of ether oxygens (including phenoxy) is 4. The predicted molar refractivity (Wildman–Crippen MR) is 170 cm³/mol. The monoisotopic (exact) mass is 626 g/mol. The number of esters is 1. The lowest BCUT2D eigenvalue weighted by molar-refractivity contribution is -0.143. The van der Waals surface area contributed by atoms with E-state index in [0.29, 0.717) is 66.0 Å². The molecule has 0 aliphatic carbocycles. The molecule has 1 N–H and O–H groups in total. The van der Waals surface area contributed by atoms with Crippen LogP contribution in [-0.4, -0.2) is 56.9 Å². The third kappa shape index (κ3) is 7.23. The van der Waals surface area contributed by atoms with Crippen LogP contribution in [0.5, 0.6) is 17.2 Å². The van der Waals surface area contributed by atoms with Crippen LogP contribution in [0.3, 0.4) is 0 Å². The van der Waals surface area contributed by atoms with Gasteiger partial charge in [-0.05, 0) is 69.1 Å². The fourth-order valence-electron chi connectivity index (χ4n) is 5.81. The van der Waals surface area contributed by atoms with Crippen molar-refractivity contribution < 1.29 is 23.7 Å². The summed E-state index contributed by atoms with van der Waals surface area (Å²) in [5.74, 6) is 2.10. The van der Waals surface area contributed by atoms with Crippen LogP contribution in [0.4, 0.5) is 0 Å². The molecule has 7 nitrogen and oxygen atoms in total. The van der Waals surface area contributed by atoms with Gasteiger partial charge < -0.3 is 23.8 Å². The number of hydrogen-bond acceptors (Lipinski definition) is 7. The van der Waals surface area contributed by atoms with Crippen LogP contribution in [0.1, 0.15) is 42.9 Å². The number of nitrogens with zero attached hydrogens (tertiary/aromatic N) is 1. The van der Waals surface area contributed by atoms with Crippen molar-refractivity contribution in [2.75, 3.05) is 40.5 Å². The lowest BCUT2D eigenvalue weighted by Crippen LogP contribution is -2.45. The summed E-state index contributed by atoms with van der Waals surface area (Å²) in [5.41, 5.74) is 4.13. The highest BCUT2D eigenvalue weighted by Crippen LogP contribution is 2.39. The molecule has 0 aromatic heterocycles. The Morgan fingerprint density at radius 2 is 1.84 bits per heavy atom. The van der Waals surface area contributed by atoms with Gasteiger partial charge in [0.15, 0.2) is 0 Å². The standard InChI is InChI=1S/C34H40Cl2N2O5/c1-22-24(21-43-31-17-30(40-4)25(16-28(31)35)18-37-34(2)13-15-41-33(34)39)9-5-10-26(22)27-11-6-12-29(32(27)36)42-20-23-8-7-14-38(3)19-23/h5-6,9-12,16-17,23,37H,7-8,13-15,18-21H2,1-4H3. The maximum Gasteiger partial charge on any atom is 0.326 e. The Morgan fingerprint density at radius 1 is 1.05 bits per heavy atom. The first kappa shape index (κ1) is 31.5. The zero-order valence-electron chi connectivity index (χ0n) is 25.3. The van der Waals surface area contributed by atoms with E-state index in [1.165, 1.54) is 12.8 Å². The molecule has 2 fully saturated rings. The van der Waals surface area contributed by atoms with Crippen molar-refractivity contribution in [2.45, 2.75) is 51.8 Å². The first-order valence-corrected chi connectivity index (χ1v) is 15.5. The highest BCUT2D eigenvalue weighted by atomic mass is 35.5. The van der Waals surface area contributed by atoms with E-state index in [2.05, 4.69) is 30.3 Å². The van der Waals surface area contributed by atoms with Gasteiger partial charge in [0.1, 0.15) is 29.4 Å². The Hall–Kier alpha value is -2.97. The number of nitrogens with one attached hydrogen (secondary N) is 1. The molecule has 2 aliphatic rings. The van der Waals surface area contributed by atoms with Crippen LogP contribution in [0.25, 0.3) is 11.1 Å². The minimum Gasteiger partial charge on any atom is -0.496 e. The Labute approximate surface area is 264 Å². The molecule has 2 aliphatic heterocycles. The number of cyclic esters (lactones) is 1. The Morgan fingerprint density at radius 3 is 2.58 bits per heavy atom. The van der Waals surface area contributed by atoms with E-state index in [4.69, 9.17) is 42.1 Å². The molecule has 2 unspecified atom stereocenters. The van der Waals surface area contributed by atoms with Crippen molar-refractivity contribution in [3.05, 3.63) is 75.3 Å². The Kier molecular flexibility index (Phi) is 10.1.